The molecular formula is C29H22F4N2O3. The Balaban J connectivity index is 1.77. The van der Waals surface area contributed by atoms with Gasteiger partial charge in [0.15, 0.2) is 0 Å². The number of benzene rings is 3. The number of aromatic nitrogens is 1. The zero-order chi connectivity index (χ0) is 27.4. The molecule has 0 radical (unpaired) electrons. The molecule has 0 aliphatic rings. The van der Waals surface area contributed by atoms with Gasteiger partial charge in [0.1, 0.15) is 11.9 Å². The Labute approximate surface area is 215 Å². The van der Waals surface area contributed by atoms with Crippen molar-refractivity contribution in [1.29, 1.82) is 0 Å². The van der Waals surface area contributed by atoms with Gasteiger partial charge < -0.3 is 5.11 Å². The van der Waals surface area contributed by atoms with Crippen molar-refractivity contribution in [1.82, 2.24) is 4.98 Å². The maximum atomic E-state index is 14.2. The number of aryl methyl sites for hydroxylation is 1. The van der Waals surface area contributed by atoms with E-state index < -0.39 is 41.0 Å². The summed E-state index contributed by atoms with van der Waals surface area (Å²) in [4.78, 5) is 27.1. The summed E-state index contributed by atoms with van der Waals surface area (Å²) in [6.45, 7) is 1.74. The molecule has 5 nitrogen and oxygen atoms in total. The third-order valence-corrected chi connectivity index (χ3v) is 6.38. The van der Waals surface area contributed by atoms with Gasteiger partial charge in [-0.3, -0.25) is 4.98 Å². The standard InChI is InChI=1S/C29H22F4N2O3/c1-17-14-21(12-13-34-17)27(35-38)16-24(22-4-2-3-5-25(22)29(31,32)33)19-8-6-18(7-9-19)20-10-11-23(28(36)37)26(30)15-20/h2-15,24,27H,16H2,1H3,(H,36,37). The number of alkyl halides is 3. The van der Waals surface area contributed by atoms with E-state index in [9.17, 15) is 27.3 Å². The molecule has 4 aromatic rings. The van der Waals surface area contributed by atoms with Crippen LogP contribution in [0.3, 0.4) is 0 Å². The molecule has 1 N–H and O–H groups in total. The van der Waals surface area contributed by atoms with E-state index in [0.29, 0.717) is 27.9 Å². The van der Waals surface area contributed by atoms with Crippen LogP contribution in [-0.4, -0.2) is 16.1 Å². The van der Waals surface area contributed by atoms with E-state index in [-0.39, 0.29) is 12.0 Å². The van der Waals surface area contributed by atoms with E-state index in [2.05, 4.69) is 10.2 Å². The zero-order valence-electron chi connectivity index (χ0n) is 20.1. The van der Waals surface area contributed by atoms with Crippen molar-refractivity contribution in [2.24, 2.45) is 5.18 Å². The molecule has 2 unspecified atom stereocenters. The van der Waals surface area contributed by atoms with Gasteiger partial charge in [0.05, 0.1) is 11.1 Å². The number of carboxylic acids is 1. The van der Waals surface area contributed by atoms with Gasteiger partial charge in [0.2, 0.25) is 0 Å². The highest BCUT2D eigenvalue weighted by Crippen LogP contribution is 2.42. The molecular weight excluding hydrogens is 500 g/mol. The van der Waals surface area contributed by atoms with Gasteiger partial charge in [0.25, 0.3) is 0 Å². The Morgan fingerprint density at radius 3 is 2.24 bits per heavy atom. The first-order chi connectivity index (χ1) is 18.1. The highest BCUT2D eigenvalue weighted by Gasteiger charge is 2.36. The van der Waals surface area contributed by atoms with Gasteiger partial charge in [-0.15, -0.1) is 0 Å². The molecule has 3 aromatic carbocycles. The number of nitrogens with zero attached hydrogens (tertiary/aromatic N) is 2. The second-order valence-electron chi connectivity index (χ2n) is 8.85. The van der Waals surface area contributed by atoms with Crippen molar-refractivity contribution in [3.8, 4) is 11.1 Å². The monoisotopic (exact) mass is 522 g/mol. The second kappa shape index (κ2) is 10.9. The predicted molar refractivity (Wildman–Crippen MR) is 134 cm³/mol. The average molecular weight is 522 g/mol. The molecule has 1 heterocycles. The van der Waals surface area contributed by atoms with Crippen LogP contribution in [0.25, 0.3) is 11.1 Å². The minimum Gasteiger partial charge on any atom is -0.478 e. The van der Waals surface area contributed by atoms with E-state index in [1.165, 1.54) is 30.5 Å². The predicted octanol–water partition coefficient (Wildman–Crippen LogP) is 7.94. The van der Waals surface area contributed by atoms with E-state index in [1.54, 1.807) is 43.3 Å². The number of halogens is 4. The maximum absolute atomic E-state index is 14.2. The highest BCUT2D eigenvalue weighted by molar-refractivity contribution is 5.88. The number of aromatic carboxylic acids is 1. The molecule has 0 spiro atoms. The molecule has 1 aromatic heterocycles. The van der Waals surface area contributed by atoms with Crippen LogP contribution in [0.4, 0.5) is 17.6 Å². The molecule has 0 saturated carbocycles. The van der Waals surface area contributed by atoms with Crippen LogP contribution in [0.1, 0.15) is 56.7 Å². The Morgan fingerprint density at radius 2 is 1.63 bits per heavy atom. The van der Waals surface area contributed by atoms with E-state index in [0.717, 1.165) is 18.2 Å². The topological polar surface area (TPSA) is 79.6 Å². The summed E-state index contributed by atoms with van der Waals surface area (Å²) in [6.07, 6.45) is -3.12. The van der Waals surface area contributed by atoms with Gasteiger partial charge >= 0.3 is 12.1 Å². The first kappa shape index (κ1) is 26.7. The normalized spacial score (nSPS) is 13.1. The molecule has 0 amide bonds. The highest BCUT2D eigenvalue weighted by atomic mass is 19.4. The maximum Gasteiger partial charge on any atom is 0.416 e. The second-order valence-corrected chi connectivity index (χ2v) is 8.85. The van der Waals surface area contributed by atoms with Crippen LogP contribution < -0.4 is 0 Å². The van der Waals surface area contributed by atoms with Crippen LogP contribution in [-0.2, 0) is 6.18 Å². The zero-order valence-corrected chi connectivity index (χ0v) is 20.1. The van der Waals surface area contributed by atoms with Crippen molar-refractivity contribution >= 4 is 5.97 Å². The largest absolute Gasteiger partial charge is 0.478 e. The lowest BCUT2D eigenvalue weighted by Gasteiger charge is -2.24. The molecule has 0 aliphatic carbocycles. The number of nitroso groups, excluding NO2 is 1. The Morgan fingerprint density at radius 1 is 0.947 bits per heavy atom. The van der Waals surface area contributed by atoms with Gasteiger partial charge in [0, 0.05) is 17.8 Å². The summed E-state index contributed by atoms with van der Waals surface area (Å²) in [5, 5.41) is 12.3. The fourth-order valence-corrected chi connectivity index (χ4v) is 4.52. The van der Waals surface area contributed by atoms with Crippen molar-refractivity contribution in [2.45, 2.75) is 31.5 Å². The van der Waals surface area contributed by atoms with Crippen LogP contribution in [0.2, 0.25) is 0 Å². The molecule has 0 bridgehead atoms. The van der Waals surface area contributed by atoms with Crippen LogP contribution in [0.15, 0.2) is 90.2 Å². The number of hydrogen-bond acceptors (Lipinski definition) is 4. The van der Waals surface area contributed by atoms with Crippen molar-refractivity contribution < 1.29 is 27.5 Å². The summed E-state index contributed by atoms with van der Waals surface area (Å²) in [6, 6.07) is 17.8. The average Bonchev–Trinajstić information content (AvgIpc) is 2.89. The number of carbonyl (C=O) groups is 1. The lowest BCUT2D eigenvalue weighted by Crippen LogP contribution is -2.15. The third kappa shape index (κ3) is 5.77. The van der Waals surface area contributed by atoms with E-state index in [4.69, 9.17) is 5.11 Å². The molecule has 0 aliphatic heterocycles. The number of carboxylic acid groups (broad SMARTS) is 1. The lowest BCUT2D eigenvalue weighted by atomic mass is 9.81. The molecule has 4 rings (SSSR count). The van der Waals surface area contributed by atoms with Gasteiger partial charge in [-0.25, -0.2) is 9.18 Å². The van der Waals surface area contributed by atoms with E-state index in [1.807, 2.05) is 0 Å². The molecule has 194 valence electrons. The summed E-state index contributed by atoms with van der Waals surface area (Å²) >= 11 is 0. The summed E-state index contributed by atoms with van der Waals surface area (Å²) in [5.74, 6) is -3.13. The fraction of sp³-hybridized carbons (Fsp3) is 0.172. The first-order valence-corrected chi connectivity index (χ1v) is 11.6. The minimum absolute atomic E-state index is 0.00373. The quantitative estimate of drug-likeness (QED) is 0.188. The third-order valence-electron chi connectivity index (χ3n) is 6.38. The van der Waals surface area contributed by atoms with Crippen LogP contribution >= 0.6 is 0 Å². The Hall–Kier alpha value is -4.40. The molecule has 9 heteroatoms. The van der Waals surface area contributed by atoms with Gasteiger partial charge in [-0.05, 0) is 71.5 Å². The summed E-state index contributed by atoms with van der Waals surface area (Å²) in [5.41, 5.74) is 1.38. The smallest absolute Gasteiger partial charge is 0.416 e. The van der Waals surface area contributed by atoms with Crippen LogP contribution in [0, 0.1) is 17.6 Å². The van der Waals surface area contributed by atoms with Gasteiger partial charge in [-0.2, -0.15) is 18.1 Å². The summed E-state index contributed by atoms with van der Waals surface area (Å²) < 4.78 is 56.1. The lowest BCUT2D eigenvalue weighted by molar-refractivity contribution is -0.138. The number of pyridine rings is 1. The van der Waals surface area contributed by atoms with Crippen LogP contribution in [0.5, 0.6) is 0 Å². The molecule has 0 fully saturated rings. The number of hydrogen-bond donors (Lipinski definition) is 1. The Bertz CT molecular complexity index is 1470. The van der Waals surface area contributed by atoms with E-state index >= 15 is 0 Å². The Kier molecular flexibility index (Phi) is 7.66. The molecule has 0 saturated heterocycles. The molecule has 38 heavy (non-hydrogen) atoms. The SMILES string of the molecule is Cc1cc(C(CC(c2ccc(-c3ccc(C(=O)O)c(F)c3)cc2)c2ccccc2C(F)(F)F)N=O)ccn1. The van der Waals surface area contributed by atoms with Crippen molar-refractivity contribution in [3.05, 3.63) is 129 Å². The molecule has 2 atom stereocenters. The minimum atomic E-state index is -4.62. The van der Waals surface area contributed by atoms with Crippen molar-refractivity contribution in [2.75, 3.05) is 0 Å². The van der Waals surface area contributed by atoms with Gasteiger partial charge in [-0.1, -0.05) is 53.7 Å². The summed E-state index contributed by atoms with van der Waals surface area (Å²) in [7, 11) is 0. The first-order valence-electron chi connectivity index (χ1n) is 11.6. The number of rotatable bonds is 8. The fourth-order valence-electron chi connectivity index (χ4n) is 4.52. The van der Waals surface area contributed by atoms with Crippen molar-refractivity contribution in [3.63, 3.8) is 0 Å².